The van der Waals surface area contributed by atoms with Gasteiger partial charge in [0.1, 0.15) is 0 Å². The van der Waals surface area contributed by atoms with E-state index in [0.717, 1.165) is 30.3 Å². The molecule has 0 bridgehead atoms. The first-order valence-corrected chi connectivity index (χ1v) is 7.61. The van der Waals surface area contributed by atoms with E-state index in [4.69, 9.17) is 0 Å². The van der Waals surface area contributed by atoms with E-state index < -0.39 is 0 Å². The van der Waals surface area contributed by atoms with Crippen molar-refractivity contribution in [2.75, 3.05) is 18.0 Å². The summed E-state index contributed by atoms with van der Waals surface area (Å²) in [6.07, 6.45) is 6.31. The first-order chi connectivity index (χ1) is 9.86. The molecule has 1 aliphatic carbocycles. The predicted octanol–water partition coefficient (Wildman–Crippen LogP) is 2.65. The standard InChI is InChI=1S/C16H19N3O/c20-15-13-8-4-5-9-14(13)19(12-6-2-1-3-7-12)16-17-10-11-18(15)16/h4-5,8-9,12H,1-3,6-7,10-11H2. The number of amides is 1. The molecule has 0 atom stereocenters. The van der Waals surface area contributed by atoms with Crippen molar-refractivity contribution in [3.63, 3.8) is 0 Å². The molecule has 2 heterocycles. The molecule has 0 unspecified atom stereocenters. The number of para-hydroxylation sites is 1. The fraction of sp³-hybridized carbons (Fsp3) is 0.500. The first-order valence-electron chi connectivity index (χ1n) is 7.61. The smallest absolute Gasteiger partial charge is 0.262 e. The van der Waals surface area contributed by atoms with Gasteiger partial charge in [-0.3, -0.25) is 14.7 Å². The Bertz CT molecular complexity index is 575. The maximum Gasteiger partial charge on any atom is 0.262 e. The van der Waals surface area contributed by atoms with Crippen molar-refractivity contribution in [3.8, 4) is 0 Å². The van der Waals surface area contributed by atoms with E-state index in [1.165, 1.54) is 32.1 Å². The van der Waals surface area contributed by atoms with E-state index >= 15 is 0 Å². The lowest BCUT2D eigenvalue weighted by atomic mass is 9.92. The van der Waals surface area contributed by atoms with Crippen LogP contribution in [0.15, 0.2) is 29.3 Å². The number of carbonyl (C=O) groups is 1. The third-order valence-electron chi connectivity index (χ3n) is 4.61. The zero-order valence-corrected chi connectivity index (χ0v) is 11.6. The van der Waals surface area contributed by atoms with Gasteiger partial charge in [-0.05, 0) is 25.0 Å². The number of benzene rings is 1. The summed E-state index contributed by atoms with van der Waals surface area (Å²) in [6.45, 7) is 1.46. The van der Waals surface area contributed by atoms with Gasteiger partial charge in [-0.25, -0.2) is 0 Å². The fourth-order valence-electron chi connectivity index (χ4n) is 3.65. The van der Waals surface area contributed by atoms with Gasteiger partial charge in [-0.2, -0.15) is 0 Å². The molecule has 4 nitrogen and oxygen atoms in total. The van der Waals surface area contributed by atoms with Crippen molar-refractivity contribution in [2.24, 2.45) is 4.99 Å². The van der Waals surface area contributed by atoms with E-state index in [2.05, 4.69) is 16.0 Å². The minimum Gasteiger partial charge on any atom is -0.308 e. The fourth-order valence-corrected chi connectivity index (χ4v) is 3.65. The quantitative estimate of drug-likeness (QED) is 0.785. The Morgan fingerprint density at radius 2 is 1.90 bits per heavy atom. The van der Waals surface area contributed by atoms with Crippen molar-refractivity contribution in [3.05, 3.63) is 29.8 Å². The number of carbonyl (C=O) groups excluding carboxylic acids is 1. The Morgan fingerprint density at radius 3 is 2.75 bits per heavy atom. The minimum absolute atomic E-state index is 0.115. The maximum atomic E-state index is 12.5. The highest BCUT2D eigenvalue weighted by atomic mass is 16.2. The van der Waals surface area contributed by atoms with Crippen LogP contribution >= 0.6 is 0 Å². The van der Waals surface area contributed by atoms with Gasteiger partial charge in [0.05, 0.1) is 17.8 Å². The van der Waals surface area contributed by atoms with Gasteiger partial charge < -0.3 is 4.90 Å². The van der Waals surface area contributed by atoms with Gasteiger partial charge >= 0.3 is 0 Å². The average Bonchev–Trinajstić information content (AvgIpc) is 2.98. The van der Waals surface area contributed by atoms with Gasteiger partial charge in [-0.15, -0.1) is 0 Å². The predicted molar refractivity (Wildman–Crippen MR) is 79.1 cm³/mol. The largest absolute Gasteiger partial charge is 0.308 e. The molecule has 1 aromatic carbocycles. The summed E-state index contributed by atoms with van der Waals surface area (Å²) in [5.41, 5.74) is 1.89. The summed E-state index contributed by atoms with van der Waals surface area (Å²) in [4.78, 5) is 21.4. The molecule has 1 amide bonds. The highest BCUT2D eigenvalue weighted by molar-refractivity contribution is 6.19. The van der Waals surface area contributed by atoms with Crippen LogP contribution in [0.5, 0.6) is 0 Å². The molecule has 1 aromatic rings. The van der Waals surface area contributed by atoms with Gasteiger partial charge in [0.15, 0.2) is 0 Å². The molecule has 0 aromatic heterocycles. The summed E-state index contributed by atoms with van der Waals surface area (Å²) < 4.78 is 0. The van der Waals surface area contributed by atoms with Crippen LogP contribution in [0.3, 0.4) is 0 Å². The highest BCUT2D eigenvalue weighted by Crippen LogP contribution is 2.35. The normalized spacial score (nSPS) is 22.6. The molecule has 1 saturated carbocycles. The van der Waals surface area contributed by atoms with Gasteiger partial charge in [0.25, 0.3) is 5.91 Å². The summed E-state index contributed by atoms with van der Waals surface area (Å²) in [6, 6.07) is 8.49. The van der Waals surface area contributed by atoms with Gasteiger partial charge in [-0.1, -0.05) is 31.4 Å². The number of anilines is 1. The lowest BCUT2D eigenvalue weighted by Crippen LogP contribution is -2.54. The van der Waals surface area contributed by atoms with Gasteiger partial charge in [0.2, 0.25) is 5.96 Å². The van der Waals surface area contributed by atoms with Gasteiger partial charge in [0, 0.05) is 12.6 Å². The molecule has 0 N–H and O–H groups in total. The zero-order valence-electron chi connectivity index (χ0n) is 11.6. The van der Waals surface area contributed by atoms with Crippen LogP contribution in [0.4, 0.5) is 5.69 Å². The maximum absolute atomic E-state index is 12.5. The molecule has 4 rings (SSSR count). The Balaban J connectivity index is 1.82. The second-order valence-electron chi connectivity index (χ2n) is 5.82. The number of aliphatic imine (C=N–C) groups is 1. The van der Waals surface area contributed by atoms with E-state index in [9.17, 15) is 4.79 Å². The second kappa shape index (κ2) is 4.62. The summed E-state index contributed by atoms with van der Waals surface area (Å²) in [5.74, 6) is 1.00. The van der Waals surface area contributed by atoms with E-state index in [1.54, 1.807) is 0 Å². The van der Waals surface area contributed by atoms with E-state index in [1.807, 2.05) is 23.1 Å². The molecular formula is C16H19N3O. The summed E-state index contributed by atoms with van der Waals surface area (Å²) in [5, 5.41) is 0. The molecule has 2 aliphatic heterocycles. The lowest BCUT2D eigenvalue weighted by molar-refractivity contribution is 0.0850. The van der Waals surface area contributed by atoms with Crippen LogP contribution in [0.2, 0.25) is 0 Å². The monoisotopic (exact) mass is 269 g/mol. The number of nitrogens with zero attached hydrogens (tertiary/aromatic N) is 3. The molecule has 0 spiro atoms. The Kier molecular flexibility index (Phi) is 2.76. The van der Waals surface area contributed by atoms with Crippen LogP contribution in [0, 0.1) is 0 Å². The van der Waals surface area contributed by atoms with Crippen LogP contribution in [0.25, 0.3) is 0 Å². The third kappa shape index (κ3) is 1.67. The van der Waals surface area contributed by atoms with Crippen LogP contribution in [0.1, 0.15) is 42.5 Å². The van der Waals surface area contributed by atoms with Crippen LogP contribution < -0.4 is 4.90 Å². The van der Waals surface area contributed by atoms with E-state index in [0.29, 0.717) is 6.04 Å². The summed E-state index contributed by atoms with van der Waals surface area (Å²) in [7, 11) is 0. The highest BCUT2D eigenvalue weighted by Gasteiger charge is 2.40. The zero-order chi connectivity index (χ0) is 13.5. The average molecular weight is 269 g/mol. The number of rotatable bonds is 1. The number of hydrogen-bond donors (Lipinski definition) is 0. The molecule has 0 saturated heterocycles. The SMILES string of the molecule is O=C1c2ccccc2N(C2CCCCC2)C2=NCCN12. The van der Waals surface area contributed by atoms with Crippen molar-refractivity contribution in [1.29, 1.82) is 0 Å². The second-order valence-corrected chi connectivity index (χ2v) is 5.82. The molecule has 4 heteroatoms. The Labute approximate surface area is 119 Å². The van der Waals surface area contributed by atoms with Crippen molar-refractivity contribution in [2.45, 2.75) is 38.1 Å². The third-order valence-corrected chi connectivity index (χ3v) is 4.61. The Morgan fingerprint density at radius 1 is 1.10 bits per heavy atom. The number of fused-ring (bicyclic) bond motifs is 2. The number of guanidine groups is 1. The van der Waals surface area contributed by atoms with Crippen LogP contribution in [-0.4, -0.2) is 35.9 Å². The first kappa shape index (κ1) is 11.9. The molecule has 0 radical (unpaired) electrons. The van der Waals surface area contributed by atoms with Crippen molar-refractivity contribution in [1.82, 2.24) is 4.90 Å². The summed E-state index contributed by atoms with van der Waals surface area (Å²) >= 11 is 0. The molecule has 20 heavy (non-hydrogen) atoms. The number of hydrogen-bond acceptors (Lipinski definition) is 3. The van der Waals surface area contributed by atoms with E-state index in [-0.39, 0.29) is 5.91 Å². The van der Waals surface area contributed by atoms with Crippen molar-refractivity contribution < 1.29 is 4.79 Å². The van der Waals surface area contributed by atoms with Crippen molar-refractivity contribution >= 4 is 17.6 Å². The molecule has 1 fully saturated rings. The molecule has 3 aliphatic rings. The van der Waals surface area contributed by atoms with Crippen LogP contribution in [-0.2, 0) is 0 Å². The topological polar surface area (TPSA) is 35.9 Å². The minimum atomic E-state index is 0.115. The lowest BCUT2D eigenvalue weighted by Gasteiger charge is -2.42. The molecular weight excluding hydrogens is 250 g/mol. The Hall–Kier alpha value is -1.84. The molecule has 104 valence electrons.